The minimum atomic E-state index is -0.153. The Morgan fingerprint density at radius 1 is 1.22 bits per heavy atom. The van der Waals surface area contributed by atoms with Crippen molar-refractivity contribution in [1.82, 2.24) is 15.5 Å². The van der Waals surface area contributed by atoms with E-state index in [4.69, 9.17) is 4.74 Å². The molecule has 1 amide bonds. The highest BCUT2D eigenvalue weighted by Crippen LogP contribution is 2.29. The number of carbonyl (C=O) groups excluding carboxylic acids is 1. The van der Waals surface area contributed by atoms with Crippen LogP contribution in [0, 0.1) is 0 Å². The van der Waals surface area contributed by atoms with Gasteiger partial charge >= 0.3 is 0 Å². The van der Waals surface area contributed by atoms with E-state index in [-0.39, 0.29) is 18.1 Å². The molecule has 2 N–H and O–H groups in total. The number of carbonyl (C=O) groups is 1. The van der Waals surface area contributed by atoms with E-state index in [0.29, 0.717) is 18.7 Å². The van der Waals surface area contributed by atoms with Crippen LogP contribution in [0.15, 0.2) is 0 Å². The van der Waals surface area contributed by atoms with E-state index in [9.17, 15) is 4.79 Å². The summed E-state index contributed by atoms with van der Waals surface area (Å²) < 4.78 is 5.60. The number of nitrogens with one attached hydrogen (secondary N) is 2. The Morgan fingerprint density at radius 2 is 2.06 bits per heavy atom. The van der Waals surface area contributed by atoms with Gasteiger partial charge < -0.3 is 20.3 Å². The predicted molar refractivity (Wildman–Crippen MR) is 68.3 cm³/mol. The zero-order valence-electron chi connectivity index (χ0n) is 11.0. The van der Waals surface area contributed by atoms with Crippen LogP contribution >= 0.6 is 0 Å². The maximum absolute atomic E-state index is 12.7. The quantitative estimate of drug-likeness (QED) is 0.675. The van der Waals surface area contributed by atoms with Crippen molar-refractivity contribution >= 4 is 5.91 Å². The van der Waals surface area contributed by atoms with Crippen molar-refractivity contribution in [2.45, 2.75) is 50.4 Å². The first-order valence-corrected chi connectivity index (χ1v) is 7.15. The average Bonchev–Trinajstić information content (AvgIpc) is 2.62. The highest BCUT2D eigenvalue weighted by Gasteiger charge is 2.42. The smallest absolute Gasteiger partial charge is 0.242 e. The van der Waals surface area contributed by atoms with Crippen LogP contribution in [0.3, 0.4) is 0 Å². The molecule has 3 heterocycles. The molecule has 0 aromatic heterocycles. The fraction of sp³-hybridized carbons (Fsp3) is 0.923. The highest BCUT2D eigenvalue weighted by molar-refractivity contribution is 5.83. The van der Waals surface area contributed by atoms with Gasteiger partial charge in [-0.2, -0.15) is 0 Å². The summed E-state index contributed by atoms with van der Waals surface area (Å²) in [5, 5.41) is 6.75. The molecule has 3 saturated heterocycles. The van der Waals surface area contributed by atoms with E-state index >= 15 is 0 Å². The number of fused-ring (bicyclic) bond motifs is 2. The fourth-order valence-corrected chi connectivity index (χ4v) is 3.51. The molecular formula is C13H23N3O2. The van der Waals surface area contributed by atoms with Gasteiger partial charge in [0.15, 0.2) is 0 Å². The molecule has 3 rings (SSSR count). The molecule has 3 aliphatic rings. The van der Waals surface area contributed by atoms with Crippen molar-refractivity contribution in [3.8, 4) is 0 Å². The number of hydrogen-bond acceptors (Lipinski definition) is 4. The lowest BCUT2D eigenvalue weighted by Crippen LogP contribution is -2.58. The van der Waals surface area contributed by atoms with Gasteiger partial charge in [0, 0.05) is 25.2 Å². The van der Waals surface area contributed by atoms with Crippen molar-refractivity contribution in [2.24, 2.45) is 0 Å². The summed E-state index contributed by atoms with van der Waals surface area (Å²) in [6.07, 6.45) is 3.39. The summed E-state index contributed by atoms with van der Waals surface area (Å²) in [4.78, 5) is 14.9. The molecule has 4 atom stereocenters. The highest BCUT2D eigenvalue weighted by atomic mass is 16.5. The molecule has 0 aliphatic carbocycles. The van der Waals surface area contributed by atoms with Gasteiger partial charge in [0.2, 0.25) is 5.91 Å². The van der Waals surface area contributed by atoms with E-state index < -0.39 is 0 Å². The van der Waals surface area contributed by atoms with Crippen LogP contribution in [-0.4, -0.2) is 61.3 Å². The summed E-state index contributed by atoms with van der Waals surface area (Å²) in [7, 11) is 0. The second kappa shape index (κ2) is 5.15. The molecule has 0 spiro atoms. The van der Waals surface area contributed by atoms with E-state index in [0.717, 1.165) is 32.5 Å². The van der Waals surface area contributed by atoms with Gasteiger partial charge in [-0.05, 0) is 32.7 Å². The lowest BCUT2D eigenvalue weighted by Gasteiger charge is -2.36. The zero-order valence-corrected chi connectivity index (χ0v) is 11.0. The van der Waals surface area contributed by atoms with Gasteiger partial charge in [0.05, 0.1) is 12.7 Å². The normalized spacial score (nSPS) is 40.6. The van der Waals surface area contributed by atoms with E-state index in [1.54, 1.807) is 0 Å². The molecule has 0 saturated carbocycles. The third-order valence-corrected chi connectivity index (χ3v) is 4.49. The summed E-state index contributed by atoms with van der Waals surface area (Å²) >= 11 is 0. The average molecular weight is 253 g/mol. The molecule has 2 bridgehead atoms. The Balaban J connectivity index is 1.74. The topological polar surface area (TPSA) is 53.6 Å². The van der Waals surface area contributed by atoms with Crippen molar-refractivity contribution in [3.05, 3.63) is 0 Å². The third-order valence-electron chi connectivity index (χ3n) is 4.49. The van der Waals surface area contributed by atoms with Crippen molar-refractivity contribution in [2.75, 3.05) is 26.2 Å². The number of ether oxygens (including phenoxy) is 1. The third kappa shape index (κ3) is 2.15. The largest absolute Gasteiger partial charge is 0.375 e. The van der Waals surface area contributed by atoms with Gasteiger partial charge in [-0.1, -0.05) is 0 Å². The number of rotatable bonds is 1. The van der Waals surface area contributed by atoms with Crippen LogP contribution in [0.4, 0.5) is 0 Å². The molecule has 5 heteroatoms. The Bertz CT molecular complexity index is 309. The zero-order chi connectivity index (χ0) is 12.5. The number of amides is 1. The molecule has 0 radical (unpaired) electrons. The van der Waals surface area contributed by atoms with Gasteiger partial charge in [0.1, 0.15) is 6.04 Å². The summed E-state index contributed by atoms with van der Waals surface area (Å²) in [5.74, 6) is 0.249. The van der Waals surface area contributed by atoms with Crippen LogP contribution in [-0.2, 0) is 9.53 Å². The maximum Gasteiger partial charge on any atom is 0.242 e. The summed E-state index contributed by atoms with van der Waals surface area (Å²) in [5.41, 5.74) is 0. The lowest BCUT2D eigenvalue weighted by atomic mass is 10.1. The van der Waals surface area contributed by atoms with Crippen LogP contribution in [0.1, 0.15) is 26.2 Å². The standard InChI is InChI=1S/C13H23N3O2/c1-9-12(15-6-7-18-9)13(17)16-10-2-3-11(16)8-14-5-4-10/h9-12,14-15H,2-8H2,1H3/t9-,10?,11?,12+/m1/s1. The van der Waals surface area contributed by atoms with E-state index in [1.807, 2.05) is 6.92 Å². The second-order valence-electron chi connectivity index (χ2n) is 5.63. The predicted octanol–water partition coefficient (Wildman–Crippen LogP) is -0.284. The first-order chi connectivity index (χ1) is 8.77. The Kier molecular flexibility index (Phi) is 3.54. The fourth-order valence-electron chi connectivity index (χ4n) is 3.51. The first-order valence-electron chi connectivity index (χ1n) is 7.15. The van der Waals surface area contributed by atoms with Crippen molar-refractivity contribution in [1.29, 1.82) is 0 Å². The van der Waals surface area contributed by atoms with E-state index in [1.165, 1.54) is 6.42 Å². The van der Waals surface area contributed by atoms with Gasteiger partial charge in [-0.15, -0.1) is 0 Å². The Hall–Kier alpha value is -0.650. The summed E-state index contributed by atoms with van der Waals surface area (Å²) in [6.45, 7) is 5.47. The summed E-state index contributed by atoms with van der Waals surface area (Å²) in [6, 6.07) is 0.675. The lowest BCUT2D eigenvalue weighted by molar-refractivity contribution is -0.142. The molecule has 5 nitrogen and oxygen atoms in total. The van der Waals surface area contributed by atoms with Gasteiger partial charge in [0.25, 0.3) is 0 Å². The van der Waals surface area contributed by atoms with Crippen LogP contribution < -0.4 is 10.6 Å². The minimum absolute atomic E-state index is 0.0122. The molecule has 3 aliphatic heterocycles. The molecule has 18 heavy (non-hydrogen) atoms. The molecule has 0 aromatic carbocycles. The molecule has 3 fully saturated rings. The SMILES string of the molecule is C[C@H]1OCCN[C@@H]1C(=O)N1C2CCNCC1CC2. The molecule has 102 valence electrons. The second-order valence-corrected chi connectivity index (χ2v) is 5.63. The van der Waals surface area contributed by atoms with Crippen LogP contribution in [0.5, 0.6) is 0 Å². The number of hydrogen-bond donors (Lipinski definition) is 2. The maximum atomic E-state index is 12.7. The van der Waals surface area contributed by atoms with Crippen LogP contribution in [0.25, 0.3) is 0 Å². The molecular weight excluding hydrogens is 230 g/mol. The monoisotopic (exact) mass is 253 g/mol. The van der Waals surface area contributed by atoms with Gasteiger partial charge in [-0.3, -0.25) is 4.79 Å². The minimum Gasteiger partial charge on any atom is -0.375 e. The number of morpholine rings is 1. The molecule has 0 aromatic rings. The van der Waals surface area contributed by atoms with Crippen LogP contribution in [0.2, 0.25) is 0 Å². The number of nitrogens with zero attached hydrogens (tertiary/aromatic N) is 1. The van der Waals surface area contributed by atoms with Crippen molar-refractivity contribution < 1.29 is 9.53 Å². The van der Waals surface area contributed by atoms with E-state index in [2.05, 4.69) is 15.5 Å². The Morgan fingerprint density at radius 3 is 2.89 bits per heavy atom. The van der Waals surface area contributed by atoms with Crippen molar-refractivity contribution in [3.63, 3.8) is 0 Å². The molecule has 2 unspecified atom stereocenters. The van der Waals surface area contributed by atoms with Gasteiger partial charge in [-0.25, -0.2) is 0 Å². The Labute approximate surface area is 108 Å². The first kappa shape index (κ1) is 12.4.